The molecule has 2 aliphatic rings. The minimum absolute atomic E-state index is 0.517. The number of hydrogen-bond acceptors (Lipinski definition) is 2. The van der Waals surface area contributed by atoms with E-state index in [4.69, 9.17) is 0 Å². The molecular weight excluding hydrogens is 234 g/mol. The molecule has 1 aromatic rings. The van der Waals surface area contributed by atoms with Crippen molar-refractivity contribution in [2.75, 3.05) is 0 Å². The van der Waals surface area contributed by atoms with E-state index in [1.807, 2.05) is 6.33 Å². The summed E-state index contributed by atoms with van der Waals surface area (Å²) in [6, 6.07) is 1.16. The molecule has 2 heterocycles. The maximum Gasteiger partial charge on any atom is 0.0948 e. The summed E-state index contributed by atoms with van der Waals surface area (Å²) < 4.78 is 2.43. The van der Waals surface area contributed by atoms with Gasteiger partial charge in [-0.1, -0.05) is 13.3 Å². The fourth-order valence-corrected chi connectivity index (χ4v) is 3.68. The van der Waals surface area contributed by atoms with Crippen molar-refractivity contribution < 1.29 is 0 Å². The fourth-order valence-electron chi connectivity index (χ4n) is 3.68. The van der Waals surface area contributed by atoms with E-state index in [9.17, 15) is 0 Å². The molecule has 0 spiro atoms. The molecule has 1 saturated heterocycles. The summed E-state index contributed by atoms with van der Waals surface area (Å²) in [5.41, 5.74) is 2.01. The Hall–Kier alpha value is -0.830. The molecule has 1 aliphatic carbocycles. The van der Waals surface area contributed by atoms with Crippen LogP contribution in [0.25, 0.3) is 0 Å². The van der Waals surface area contributed by atoms with E-state index in [-0.39, 0.29) is 0 Å². The van der Waals surface area contributed by atoms with E-state index >= 15 is 0 Å². The third kappa shape index (κ3) is 2.86. The van der Waals surface area contributed by atoms with Crippen LogP contribution in [0.3, 0.4) is 0 Å². The lowest BCUT2D eigenvalue weighted by Crippen LogP contribution is -2.35. The lowest BCUT2D eigenvalue weighted by atomic mass is 9.96. The second-order valence-corrected chi connectivity index (χ2v) is 6.75. The van der Waals surface area contributed by atoms with Crippen LogP contribution in [0.4, 0.5) is 0 Å². The molecule has 2 fully saturated rings. The van der Waals surface area contributed by atoms with Crippen molar-refractivity contribution in [1.29, 1.82) is 0 Å². The van der Waals surface area contributed by atoms with Gasteiger partial charge in [0.1, 0.15) is 0 Å². The van der Waals surface area contributed by atoms with Crippen molar-refractivity contribution in [2.24, 2.45) is 5.41 Å². The third-order valence-electron chi connectivity index (χ3n) is 4.96. The Kier molecular flexibility index (Phi) is 3.66. The number of imidazole rings is 1. The summed E-state index contributed by atoms with van der Waals surface area (Å²) in [6.45, 7) is 5.79. The second kappa shape index (κ2) is 5.28. The maximum absolute atomic E-state index is 4.42. The molecule has 2 atom stereocenters. The minimum Gasteiger partial charge on any atom is -0.333 e. The van der Waals surface area contributed by atoms with Gasteiger partial charge in [-0.25, -0.2) is 4.98 Å². The van der Waals surface area contributed by atoms with Crippen LogP contribution in [-0.4, -0.2) is 15.6 Å². The Balaban J connectivity index is 1.71. The van der Waals surface area contributed by atoms with Gasteiger partial charge in [-0.05, 0) is 50.9 Å². The summed E-state index contributed by atoms with van der Waals surface area (Å²) in [7, 11) is 0. The molecule has 1 aliphatic heterocycles. The topological polar surface area (TPSA) is 29.9 Å². The van der Waals surface area contributed by atoms with E-state index in [0.29, 0.717) is 17.5 Å². The number of piperidine rings is 1. The highest BCUT2D eigenvalue weighted by Gasteiger charge is 2.42. The van der Waals surface area contributed by atoms with Crippen molar-refractivity contribution in [2.45, 2.75) is 77.4 Å². The number of hydrogen-bond donors (Lipinski definition) is 1. The van der Waals surface area contributed by atoms with Gasteiger partial charge < -0.3 is 9.88 Å². The molecule has 19 heavy (non-hydrogen) atoms. The molecule has 3 nitrogen and oxygen atoms in total. The zero-order valence-corrected chi connectivity index (χ0v) is 12.4. The average Bonchev–Trinajstić information content (AvgIpc) is 2.99. The molecule has 0 amide bonds. The first-order valence-electron chi connectivity index (χ1n) is 7.98. The Morgan fingerprint density at radius 3 is 2.95 bits per heavy atom. The minimum atomic E-state index is 0.517. The number of rotatable bonds is 5. The summed E-state index contributed by atoms with van der Waals surface area (Å²) in [5.74, 6) is 0. The van der Waals surface area contributed by atoms with Crippen molar-refractivity contribution >= 4 is 0 Å². The van der Waals surface area contributed by atoms with Gasteiger partial charge in [-0.2, -0.15) is 0 Å². The molecule has 3 rings (SSSR count). The summed E-state index contributed by atoms with van der Waals surface area (Å²) in [6.07, 6.45) is 13.5. The predicted octanol–water partition coefficient (Wildman–Crippen LogP) is 3.67. The lowest BCUT2D eigenvalue weighted by Gasteiger charge is -2.30. The third-order valence-corrected chi connectivity index (χ3v) is 4.96. The largest absolute Gasteiger partial charge is 0.333 e. The van der Waals surface area contributed by atoms with Crippen molar-refractivity contribution in [1.82, 2.24) is 14.9 Å². The smallest absolute Gasteiger partial charge is 0.0948 e. The van der Waals surface area contributed by atoms with E-state index in [2.05, 4.69) is 34.9 Å². The van der Waals surface area contributed by atoms with Crippen LogP contribution in [0.5, 0.6) is 0 Å². The number of nitrogens with zero attached hydrogens (tertiary/aromatic N) is 2. The molecule has 2 unspecified atom stereocenters. The fraction of sp³-hybridized carbons (Fsp3) is 0.812. The van der Waals surface area contributed by atoms with Crippen molar-refractivity contribution in [3.63, 3.8) is 0 Å². The second-order valence-electron chi connectivity index (χ2n) is 6.75. The summed E-state index contributed by atoms with van der Waals surface area (Å²) in [4.78, 5) is 4.42. The van der Waals surface area contributed by atoms with Crippen LogP contribution < -0.4 is 5.32 Å². The van der Waals surface area contributed by atoms with Gasteiger partial charge in [-0.3, -0.25) is 0 Å². The SMILES string of the molecule is CCCC1(Cn2cncc2C2CCCC(C)N2)CC1. The van der Waals surface area contributed by atoms with Gasteiger partial charge in [-0.15, -0.1) is 0 Å². The van der Waals surface area contributed by atoms with Crippen LogP contribution in [-0.2, 0) is 6.54 Å². The summed E-state index contributed by atoms with van der Waals surface area (Å²) in [5, 5.41) is 3.74. The molecule has 1 saturated carbocycles. The zero-order valence-electron chi connectivity index (χ0n) is 12.4. The van der Waals surface area contributed by atoms with E-state index < -0.39 is 0 Å². The first kappa shape index (κ1) is 13.2. The van der Waals surface area contributed by atoms with Crippen LogP contribution in [0.1, 0.15) is 70.5 Å². The van der Waals surface area contributed by atoms with Crippen molar-refractivity contribution in [3.05, 3.63) is 18.2 Å². The molecule has 3 heteroatoms. The highest BCUT2D eigenvalue weighted by molar-refractivity contribution is 5.09. The quantitative estimate of drug-likeness (QED) is 0.876. The molecule has 0 radical (unpaired) electrons. The lowest BCUT2D eigenvalue weighted by molar-refractivity contribution is 0.315. The highest BCUT2D eigenvalue weighted by atomic mass is 15.1. The predicted molar refractivity (Wildman–Crippen MR) is 78.0 cm³/mol. The monoisotopic (exact) mass is 261 g/mol. The number of aromatic nitrogens is 2. The zero-order chi connectivity index (χ0) is 13.3. The van der Waals surface area contributed by atoms with Gasteiger partial charge in [0.15, 0.2) is 0 Å². The Morgan fingerprint density at radius 1 is 1.42 bits per heavy atom. The number of nitrogens with one attached hydrogen (secondary N) is 1. The van der Waals surface area contributed by atoms with E-state index in [0.717, 1.165) is 0 Å². The maximum atomic E-state index is 4.42. The molecule has 1 aromatic heterocycles. The van der Waals surface area contributed by atoms with Gasteiger partial charge in [0, 0.05) is 24.8 Å². The normalized spacial score (nSPS) is 29.4. The Morgan fingerprint density at radius 2 is 2.26 bits per heavy atom. The van der Waals surface area contributed by atoms with Crippen LogP contribution >= 0.6 is 0 Å². The summed E-state index contributed by atoms with van der Waals surface area (Å²) >= 11 is 0. The molecule has 0 bridgehead atoms. The molecular formula is C16H27N3. The van der Waals surface area contributed by atoms with E-state index in [1.54, 1.807) is 0 Å². The molecule has 106 valence electrons. The molecule has 0 aromatic carbocycles. The first-order chi connectivity index (χ1) is 9.22. The first-order valence-corrected chi connectivity index (χ1v) is 7.98. The average molecular weight is 261 g/mol. The Bertz CT molecular complexity index is 419. The van der Waals surface area contributed by atoms with Gasteiger partial charge in [0.25, 0.3) is 0 Å². The van der Waals surface area contributed by atoms with Gasteiger partial charge in [0.2, 0.25) is 0 Å². The van der Waals surface area contributed by atoms with Gasteiger partial charge in [0.05, 0.1) is 12.0 Å². The Labute approximate surface area is 116 Å². The van der Waals surface area contributed by atoms with Crippen LogP contribution in [0, 0.1) is 5.41 Å². The van der Waals surface area contributed by atoms with Crippen molar-refractivity contribution in [3.8, 4) is 0 Å². The standard InChI is InChI=1S/C16H27N3/c1-3-7-16(8-9-16)11-19-12-17-10-15(19)14-6-4-5-13(2)18-14/h10,12-14,18H,3-9,11H2,1-2H3. The highest BCUT2D eigenvalue weighted by Crippen LogP contribution is 2.51. The van der Waals surface area contributed by atoms with E-state index in [1.165, 1.54) is 57.2 Å². The van der Waals surface area contributed by atoms with Crippen LogP contribution in [0.15, 0.2) is 12.5 Å². The molecule has 1 N–H and O–H groups in total. The van der Waals surface area contributed by atoms with Crippen LogP contribution in [0.2, 0.25) is 0 Å². The van der Waals surface area contributed by atoms with Gasteiger partial charge >= 0.3 is 0 Å².